The van der Waals surface area contributed by atoms with E-state index in [2.05, 4.69) is 25.2 Å². The summed E-state index contributed by atoms with van der Waals surface area (Å²) in [4.78, 5) is 9.57. The number of aromatic nitrogens is 2. The lowest BCUT2D eigenvalue weighted by Crippen LogP contribution is -2.79. The van der Waals surface area contributed by atoms with Gasteiger partial charge in [-0.1, -0.05) is 56.3 Å². The highest BCUT2D eigenvalue weighted by Gasteiger charge is 2.19. The van der Waals surface area contributed by atoms with Crippen LogP contribution in [-0.4, -0.2) is 16.5 Å². The van der Waals surface area contributed by atoms with Gasteiger partial charge in [0.2, 0.25) is 5.58 Å². The van der Waals surface area contributed by atoms with Gasteiger partial charge >= 0.3 is 0 Å². The van der Waals surface area contributed by atoms with Gasteiger partial charge < -0.3 is 4.42 Å². The Labute approximate surface area is 140 Å². The molecule has 0 spiro atoms. The number of rotatable bonds is 4. The molecule has 120 valence electrons. The van der Waals surface area contributed by atoms with Gasteiger partial charge in [0, 0.05) is 16.9 Å². The Hall–Kier alpha value is -2.72. The van der Waals surface area contributed by atoms with Crippen LogP contribution in [0.4, 0.5) is 5.82 Å². The summed E-state index contributed by atoms with van der Waals surface area (Å²) in [5, 5.41) is 3.19. The van der Waals surface area contributed by atoms with E-state index in [4.69, 9.17) is 14.4 Å². The van der Waals surface area contributed by atoms with Crippen LogP contribution in [0.25, 0.3) is 33.5 Å². The molecule has 0 amide bonds. The highest BCUT2D eigenvalue weighted by molar-refractivity contribution is 6.05. The van der Waals surface area contributed by atoms with Crippen molar-refractivity contribution >= 4 is 27.9 Å². The van der Waals surface area contributed by atoms with Crippen molar-refractivity contribution in [2.75, 3.05) is 6.54 Å². The van der Waals surface area contributed by atoms with Crippen molar-refractivity contribution in [3.63, 3.8) is 0 Å². The fourth-order valence-electron chi connectivity index (χ4n) is 2.81. The summed E-state index contributed by atoms with van der Waals surface area (Å²) in [6, 6.07) is 18.1. The molecule has 2 heterocycles. The molecule has 4 aromatic rings. The Morgan fingerprint density at radius 3 is 2.50 bits per heavy atom. The molecule has 0 fully saturated rings. The van der Waals surface area contributed by atoms with E-state index < -0.39 is 0 Å². The first kappa shape index (κ1) is 14.8. The van der Waals surface area contributed by atoms with Crippen LogP contribution in [0.2, 0.25) is 0 Å². The zero-order valence-electron chi connectivity index (χ0n) is 13.9. The molecule has 0 bridgehead atoms. The Morgan fingerprint density at radius 1 is 0.958 bits per heavy atom. The van der Waals surface area contributed by atoms with Crippen molar-refractivity contribution in [1.82, 2.24) is 9.97 Å². The molecule has 4 nitrogen and oxygen atoms in total. The average molecular weight is 318 g/mol. The molecule has 0 saturated carbocycles. The van der Waals surface area contributed by atoms with Crippen molar-refractivity contribution in [1.29, 1.82) is 0 Å². The Kier molecular flexibility index (Phi) is 3.75. The van der Waals surface area contributed by atoms with Gasteiger partial charge in [0.05, 0.1) is 6.54 Å². The highest BCUT2D eigenvalue weighted by Crippen LogP contribution is 2.31. The maximum Gasteiger partial charge on any atom is 0.272 e. The molecule has 0 atom stereocenters. The van der Waals surface area contributed by atoms with Gasteiger partial charge in [0.25, 0.3) is 5.82 Å². The minimum atomic E-state index is 0.569. The second kappa shape index (κ2) is 6.06. The van der Waals surface area contributed by atoms with Crippen LogP contribution in [0, 0.1) is 5.92 Å². The molecule has 0 radical (unpaired) electrons. The second-order valence-corrected chi connectivity index (χ2v) is 6.41. The Balaban J connectivity index is 1.96. The van der Waals surface area contributed by atoms with Gasteiger partial charge in [-0.2, -0.15) is 4.98 Å². The van der Waals surface area contributed by atoms with Crippen molar-refractivity contribution < 1.29 is 9.73 Å². The van der Waals surface area contributed by atoms with Gasteiger partial charge in [-0.25, -0.2) is 4.98 Å². The van der Waals surface area contributed by atoms with Crippen molar-refractivity contribution in [3.8, 4) is 11.4 Å². The van der Waals surface area contributed by atoms with Crippen LogP contribution in [0.15, 0.2) is 59.0 Å². The number of hydrogen-bond acceptors (Lipinski definition) is 3. The van der Waals surface area contributed by atoms with Gasteiger partial charge in [-0.3, -0.25) is 5.32 Å². The van der Waals surface area contributed by atoms with Crippen LogP contribution < -0.4 is 5.32 Å². The minimum absolute atomic E-state index is 0.569. The first-order chi connectivity index (χ1) is 11.7. The molecule has 2 aromatic heterocycles. The van der Waals surface area contributed by atoms with Gasteiger partial charge in [0.15, 0.2) is 5.82 Å². The SMILES string of the molecule is CC(C)C[NH2+]c1nc(-c2ccccc2)nc2c1oc1ccccc12. The molecule has 0 aliphatic carbocycles. The summed E-state index contributed by atoms with van der Waals surface area (Å²) in [5.74, 6) is 2.19. The number of nitrogens with two attached hydrogens (primary N) is 1. The number of furan rings is 1. The van der Waals surface area contributed by atoms with Gasteiger partial charge in [-0.05, 0) is 12.1 Å². The van der Waals surface area contributed by atoms with Crippen LogP contribution in [0.1, 0.15) is 13.8 Å². The largest absolute Gasteiger partial charge is 0.446 e. The third-order valence-corrected chi connectivity index (χ3v) is 4.06. The van der Waals surface area contributed by atoms with E-state index in [1.807, 2.05) is 48.5 Å². The number of nitrogens with zero attached hydrogens (tertiary/aromatic N) is 2. The first-order valence-electron chi connectivity index (χ1n) is 8.30. The van der Waals surface area contributed by atoms with Crippen LogP contribution in [-0.2, 0) is 0 Å². The van der Waals surface area contributed by atoms with Crippen LogP contribution in [0.3, 0.4) is 0 Å². The van der Waals surface area contributed by atoms with Gasteiger partial charge in [0.1, 0.15) is 11.1 Å². The lowest BCUT2D eigenvalue weighted by Gasteiger charge is -2.05. The maximum atomic E-state index is 6.05. The summed E-state index contributed by atoms with van der Waals surface area (Å²) in [6.07, 6.45) is 0. The van der Waals surface area contributed by atoms with Crippen LogP contribution >= 0.6 is 0 Å². The molecular formula is C20H20N3O+. The molecule has 0 aliphatic heterocycles. The third-order valence-electron chi connectivity index (χ3n) is 4.06. The van der Waals surface area contributed by atoms with E-state index >= 15 is 0 Å². The highest BCUT2D eigenvalue weighted by atomic mass is 16.3. The fourth-order valence-corrected chi connectivity index (χ4v) is 2.81. The average Bonchev–Trinajstić information content (AvgIpc) is 2.99. The molecule has 0 unspecified atom stereocenters. The first-order valence-corrected chi connectivity index (χ1v) is 8.30. The molecule has 2 N–H and O–H groups in total. The molecule has 4 rings (SSSR count). The predicted octanol–water partition coefficient (Wildman–Crippen LogP) is 3.89. The second-order valence-electron chi connectivity index (χ2n) is 6.41. The summed E-state index contributed by atoms with van der Waals surface area (Å²) in [6.45, 7) is 5.36. The summed E-state index contributed by atoms with van der Waals surface area (Å²) < 4.78 is 6.05. The lowest BCUT2D eigenvalue weighted by atomic mass is 10.2. The van der Waals surface area contributed by atoms with E-state index in [-0.39, 0.29) is 0 Å². The van der Waals surface area contributed by atoms with E-state index in [1.165, 1.54) is 0 Å². The summed E-state index contributed by atoms with van der Waals surface area (Å²) in [7, 11) is 0. The van der Waals surface area contributed by atoms with Gasteiger partial charge in [-0.15, -0.1) is 0 Å². The molecule has 2 aromatic carbocycles. The maximum absolute atomic E-state index is 6.05. The van der Waals surface area contributed by atoms with E-state index in [0.717, 1.165) is 45.8 Å². The quantitative estimate of drug-likeness (QED) is 0.621. The van der Waals surface area contributed by atoms with E-state index in [9.17, 15) is 0 Å². The van der Waals surface area contributed by atoms with Crippen molar-refractivity contribution in [2.45, 2.75) is 13.8 Å². The zero-order valence-corrected chi connectivity index (χ0v) is 13.9. The minimum Gasteiger partial charge on any atom is -0.446 e. The molecule has 24 heavy (non-hydrogen) atoms. The Morgan fingerprint density at radius 2 is 1.71 bits per heavy atom. The monoisotopic (exact) mass is 318 g/mol. The smallest absolute Gasteiger partial charge is 0.272 e. The molecular weight excluding hydrogens is 298 g/mol. The number of fused-ring (bicyclic) bond motifs is 3. The fraction of sp³-hybridized carbons (Fsp3) is 0.200. The van der Waals surface area contributed by atoms with Crippen molar-refractivity contribution in [2.24, 2.45) is 5.92 Å². The summed E-state index contributed by atoms with van der Waals surface area (Å²) in [5.41, 5.74) is 3.53. The lowest BCUT2D eigenvalue weighted by molar-refractivity contribution is -0.579. The standard InChI is InChI=1S/C20H19N3O/c1-13(2)12-21-20-18-17(15-10-6-7-11-16(15)24-18)22-19(23-20)14-8-4-3-5-9-14/h3-11,13H,12H2,1-2H3,(H,21,22,23)/p+1. The third kappa shape index (κ3) is 2.65. The number of hydrogen-bond donors (Lipinski definition) is 1. The zero-order chi connectivity index (χ0) is 16.5. The molecule has 4 heteroatoms. The topological polar surface area (TPSA) is 55.5 Å². The number of benzene rings is 2. The van der Waals surface area contributed by atoms with E-state index in [1.54, 1.807) is 0 Å². The van der Waals surface area contributed by atoms with Crippen molar-refractivity contribution in [3.05, 3.63) is 54.6 Å². The summed E-state index contributed by atoms with van der Waals surface area (Å²) >= 11 is 0. The Bertz CT molecular complexity index is 990. The molecule has 0 saturated heterocycles. The van der Waals surface area contributed by atoms with Crippen LogP contribution in [0.5, 0.6) is 0 Å². The number of quaternary nitrogens is 1. The number of para-hydroxylation sites is 1. The predicted molar refractivity (Wildman–Crippen MR) is 96.0 cm³/mol. The van der Waals surface area contributed by atoms with E-state index in [0.29, 0.717) is 5.92 Å². The molecule has 0 aliphatic rings. The normalized spacial score (nSPS) is 11.6.